The van der Waals surface area contributed by atoms with E-state index in [1.54, 1.807) is 13.0 Å². The van der Waals surface area contributed by atoms with E-state index in [2.05, 4.69) is 0 Å². The van der Waals surface area contributed by atoms with Gasteiger partial charge >= 0.3 is 0 Å². The Labute approximate surface area is 125 Å². The van der Waals surface area contributed by atoms with E-state index in [0.717, 1.165) is 0 Å². The summed E-state index contributed by atoms with van der Waals surface area (Å²) in [5.41, 5.74) is 6.20. The molecule has 7 heteroatoms. The smallest absolute Gasteiger partial charge is 0.247 e. The Kier molecular flexibility index (Phi) is 5.82. The standard InChI is InChI=1S/C13H21ClN2O3S/c1-5-16(9(2)3)20(17,18)12-7-11(14)6-10(8-15)13(12)19-4/h6-7,9H,5,8,15H2,1-4H3. The van der Waals surface area contributed by atoms with Gasteiger partial charge in [-0.05, 0) is 26.0 Å². The molecule has 0 aliphatic heterocycles. The van der Waals surface area contributed by atoms with Gasteiger partial charge in [0.2, 0.25) is 10.0 Å². The van der Waals surface area contributed by atoms with Crippen molar-refractivity contribution in [3.63, 3.8) is 0 Å². The van der Waals surface area contributed by atoms with Crippen molar-refractivity contribution in [2.24, 2.45) is 5.73 Å². The maximum atomic E-state index is 12.8. The summed E-state index contributed by atoms with van der Waals surface area (Å²) >= 11 is 6.00. The Bertz CT molecular complexity index is 573. The molecule has 0 spiro atoms. The van der Waals surface area contributed by atoms with E-state index < -0.39 is 10.0 Å². The number of hydrogen-bond acceptors (Lipinski definition) is 4. The van der Waals surface area contributed by atoms with Crippen LogP contribution in [-0.2, 0) is 16.6 Å². The van der Waals surface area contributed by atoms with E-state index in [9.17, 15) is 8.42 Å². The number of hydrogen-bond donors (Lipinski definition) is 1. The first-order chi connectivity index (χ1) is 9.29. The minimum absolute atomic E-state index is 0.0588. The van der Waals surface area contributed by atoms with Crippen LogP contribution in [0.1, 0.15) is 26.3 Å². The predicted molar refractivity (Wildman–Crippen MR) is 80.6 cm³/mol. The minimum atomic E-state index is -3.68. The van der Waals surface area contributed by atoms with Crippen LogP contribution in [0.25, 0.3) is 0 Å². The van der Waals surface area contributed by atoms with Crippen molar-refractivity contribution in [1.82, 2.24) is 4.31 Å². The Morgan fingerprint density at radius 2 is 2.00 bits per heavy atom. The molecule has 0 saturated carbocycles. The van der Waals surface area contributed by atoms with Gasteiger partial charge in [-0.1, -0.05) is 18.5 Å². The first-order valence-electron chi connectivity index (χ1n) is 6.37. The summed E-state index contributed by atoms with van der Waals surface area (Å²) in [7, 11) is -2.26. The molecule has 0 bridgehead atoms. The zero-order valence-corrected chi connectivity index (χ0v) is 13.8. The van der Waals surface area contributed by atoms with Crippen LogP contribution < -0.4 is 10.5 Å². The Morgan fingerprint density at radius 3 is 2.40 bits per heavy atom. The zero-order chi connectivity index (χ0) is 15.5. The van der Waals surface area contributed by atoms with Crippen LogP contribution in [0, 0.1) is 0 Å². The summed E-state index contributed by atoms with van der Waals surface area (Å²) in [6, 6.07) is 2.86. The maximum Gasteiger partial charge on any atom is 0.247 e. The molecule has 0 unspecified atom stereocenters. The molecular weight excluding hydrogens is 300 g/mol. The Morgan fingerprint density at radius 1 is 1.40 bits per heavy atom. The van der Waals surface area contributed by atoms with Gasteiger partial charge in [0.25, 0.3) is 0 Å². The number of benzene rings is 1. The molecule has 1 rings (SSSR count). The van der Waals surface area contributed by atoms with Gasteiger partial charge in [-0.3, -0.25) is 0 Å². The lowest BCUT2D eigenvalue weighted by molar-refractivity contribution is 0.360. The summed E-state index contributed by atoms with van der Waals surface area (Å²) < 4.78 is 32.1. The summed E-state index contributed by atoms with van der Waals surface area (Å²) in [6.45, 7) is 5.95. The topological polar surface area (TPSA) is 72.6 Å². The highest BCUT2D eigenvalue weighted by Gasteiger charge is 2.30. The van der Waals surface area contributed by atoms with Crippen molar-refractivity contribution in [2.45, 2.75) is 38.3 Å². The largest absolute Gasteiger partial charge is 0.495 e. The molecule has 114 valence electrons. The van der Waals surface area contributed by atoms with Crippen LogP contribution in [-0.4, -0.2) is 32.4 Å². The van der Waals surface area contributed by atoms with Gasteiger partial charge < -0.3 is 10.5 Å². The second-order valence-corrected chi connectivity index (χ2v) is 6.90. The molecule has 0 aliphatic carbocycles. The molecule has 20 heavy (non-hydrogen) atoms. The molecule has 0 fully saturated rings. The van der Waals surface area contributed by atoms with Crippen molar-refractivity contribution in [3.05, 3.63) is 22.7 Å². The number of halogens is 1. The second-order valence-electron chi connectivity index (χ2n) is 4.60. The van der Waals surface area contributed by atoms with Crippen molar-refractivity contribution >= 4 is 21.6 Å². The third kappa shape index (κ3) is 3.25. The van der Waals surface area contributed by atoms with Crippen LogP contribution in [0.3, 0.4) is 0 Å². The van der Waals surface area contributed by atoms with E-state index in [4.69, 9.17) is 22.1 Å². The Hall–Kier alpha value is -0.820. The molecular formula is C13H21ClN2O3S. The molecule has 0 heterocycles. The quantitative estimate of drug-likeness (QED) is 0.872. The van der Waals surface area contributed by atoms with E-state index in [1.807, 2.05) is 13.8 Å². The van der Waals surface area contributed by atoms with Gasteiger partial charge in [0.05, 0.1) is 7.11 Å². The highest BCUT2D eigenvalue weighted by atomic mass is 35.5. The summed E-state index contributed by atoms with van der Waals surface area (Å²) in [4.78, 5) is 0.0588. The highest BCUT2D eigenvalue weighted by molar-refractivity contribution is 7.89. The molecule has 1 aromatic rings. The van der Waals surface area contributed by atoms with Crippen LogP contribution in [0.4, 0.5) is 0 Å². The fraction of sp³-hybridized carbons (Fsp3) is 0.538. The third-order valence-corrected chi connectivity index (χ3v) is 5.37. The third-order valence-electron chi connectivity index (χ3n) is 2.99. The Balaban J connectivity index is 3.56. The molecule has 0 radical (unpaired) electrons. The van der Waals surface area contributed by atoms with Gasteiger partial charge in [-0.2, -0.15) is 4.31 Å². The van der Waals surface area contributed by atoms with Crippen molar-refractivity contribution in [3.8, 4) is 5.75 Å². The van der Waals surface area contributed by atoms with E-state index in [1.165, 1.54) is 17.5 Å². The van der Waals surface area contributed by atoms with Crippen molar-refractivity contribution in [1.29, 1.82) is 0 Å². The summed E-state index contributed by atoms with van der Waals surface area (Å²) in [5, 5.41) is 0.324. The van der Waals surface area contributed by atoms with E-state index in [0.29, 0.717) is 17.1 Å². The van der Waals surface area contributed by atoms with Crippen LogP contribution in [0.15, 0.2) is 17.0 Å². The zero-order valence-electron chi connectivity index (χ0n) is 12.2. The van der Waals surface area contributed by atoms with Gasteiger partial charge in [0, 0.05) is 29.7 Å². The van der Waals surface area contributed by atoms with Crippen molar-refractivity contribution in [2.75, 3.05) is 13.7 Å². The number of methoxy groups -OCH3 is 1. The normalized spacial score (nSPS) is 12.2. The fourth-order valence-electron chi connectivity index (χ4n) is 2.14. The lowest BCUT2D eigenvalue weighted by Gasteiger charge is -2.26. The van der Waals surface area contributed by atoms with Crippen molar-refractivity contribution < 1.29 is 13.2 Å². The lowest BCUT2D eigenvalue weighted by Crippen LogP contribution is -2.37. The molecule has 0 saturated heterocycles. The monoisotopic (exact) mass is 320 g/mol. The first kappa shape index (κ1) is 17.2. The van der Waals surface area contributed by atoms with E-state index in [-0.39, 0.29) is 23.2 Å². The van der Waals surface area contributed by atoms with Crippen LogP contribution >= 0.6 is 11.6 Å². The maximum absolute atomic E-state index is 12.8. The molecule has 0 atom stereocenters. The van der Waals surface area contributed by atoms with Gasteiger partial charge in [0.15, 0.2) is 0 Å². The molecule has 5 nitrogen and oxygen atoms in total. The predicted octanol–water partition coefficient (Wildman–Crippen LogP) is 2.23. The van der Waals surface area contributed by atoms with Crippen LogP contribution in [0.5, 0.6) is 5.75 Å². The number of nitrogens with two attached hydrogens (primary N) is 1. The number of sulfonamides is 1. The van der Waals surface area contributed by atoms with E-state index >= 15 is 0 Å². The molecule has 0 amide bonds. The highest BCUT2D eigenvalue weighted by Crippen LogP contribution is 2.34. The lowest BCUT2D eigenvalue weighted by atomic mass is 10.2. The number of rotatable bonds is 6. The molecule has 0 aliphatic rings. The molecule has 2 N–H and O–H groups in total. The van der Waals surface area contributed by atoms with Crippen LogP contribution in [0.2, 0.25) is 5.02 Å². The molecule has 0 aromatic heterocycles. The minimum Gasteiger partial charge on any atom is -0.495 e. The number of nitrogens with zero attached hydrogens (tertiary/aromatic N) is 1. The fourth-order valence-corrected chi connectivity index (χ4v) is 4.31. The van der Waals surface area contributed by atoms with Gasteiger partial charge in [-0.25, -0.2) is 8.42 Å². The SMILES string of the molecule is CCN(C(C)C)S(=O)(=O)c1cc(Cl)cc(CN)c1OC. The van der Waals surface area contributed by atoms with Gasteiger partial charge in [-0.15, -0.1) is 0 Å². The molecule has 1 aromatic carbocycles. The number of ether oxygens (including phenoxy) is 1. The average Bonchev–Trinajstić information content (AvgIpc) is 2.37. The summed E-state index contributed by atoms with van der Waals surface area (Å²) in [6.07, 6.45) is 0. The first-order valence-corrected chi connectivity index (χ1v) is 8.19. The summed E-state index contributed by atoms with van der Waals surface area (Å²) in [5.74, 6) is 0.260. The second kappa shape index (κ2) is 6.76. The van der Waals surface area contributed by atoms with Gasteiger partial charge in [0.1, 0.15) is 10.6 Å². The average molecular weight is 321 g/mol.